The van der Waals surface area contributed by atoms with Gasteiger partial charge in [-0.2, -0.15) is 0 Å². The van der Waals surface area contributed by atoms with Gasteiger partial charge in [0.2, 0.25) is 0 Å². The van der Waals surface area contributed by atoms with Gasteiger partial charge in [-0.15, -0.1) is 0 Å². The second-order valence-electron chi connectivity index (χ2n) is 11.5. The number of hydrogen-bond donors (Lipinski definition) is 0. The summed E-state index contributed by atoms with van der Waals surface area (Å²) in [6.07, 6.45) is 12.0. The molecule has 3 heteroatoms. The summed E-state index contributed by atoms with van der Waals surface area (Å²) < 4.78 is 10.7. The Bertz CT molecular complexity index is 440. The van der Waals surface area contributed by atoms with Gasteiger partial charge in [0, 0.05) is 0 Å². The number of rotatable bonds is 8. The zero-order valence-corrected chi connectivity index (χ0v) is 19.5. The van der Waals surface area contributed by atoms with Crippen LogP contribution in [0, 0.1) is 34.5 Å². The minimum atomic E-state index is -0.479. The van der Waals surface area contributed by atoms with E-state index in [0.29, 0.717) is 35.9 Å². The van der Waals surface area contributed by atoms with Crippen LogP contribution < -0.4 is 0 Å². The Morgan fingerprint density at radius 3 is 1.57 bits per heavy atom. The van der Waals surface area contributed by atoms with Crippen LogP contribution in [-0.2, 0) is 9.47 Å². The predicted octanol–water partition coefficient (Wildman–Crippen LogP) is 7.62. The zero-order chi connectivity index (χ0) is 20.8. The van der Waals surface area contributed by atoms with Crippen molar-refractivity contribution in [3.05, 3.63) is 0 Å². The summed E-state index contributed by atoms with van der Waals surface area (Å²) in [4.78, 5) is 11.9. The minimum Gasteiger partial charge on any atom is -0.434 e. The molecular formula is C25H46O3. The highest BCUT2D eigenvalue weighted by Crippen LogP contribution is 2.43. The third kappa shape index (κ3) is 7.95. The van der Waals surface area contributed by atoms with Gasteiger partial charge < -0.3 is 9.47 Å². The average Bonchev–Trinajstić information content (AvgIpc) is 2.59. The Kier molecular flexibility index (Phi) is 8.70. The summed E-state index contributed by atoms with van der Waals surface area (Å²) in [6.45, 7) is 15.1. The molecule has 0 aromatic carbocycles. The van der Waals surface area contributed by atoms with Crippen LogP contribution >= 0.6 is 0 Å². The van der Waals surface area contributed by atoms with Crippen LogP contribution in [0.15, 0.2) is 0 Å². The van der Waals surface area contributed by atoms with E-state index in [2.05, 4.69) is 41.5 Å². The van der Waals surface area contributed by atoms with E-state index in [0.717, 1.165) is 24.7 Å². The molecule has 0 saturated heterocycles. The number of hydrogen-bond acceptors (Lipinski definition) is 3. The molecule has 0 aliphatic heterocycles. The first kappa shape index (κ1) is 23.5. The summed E-state index contributed by atoms with van der Waals surface area (Å²) in [6, 6.07) is 0. The molecular weight excluding hydrogens is 348 g/mol. The van der Waals surface area contributed by atoms with Gasteiger partial charge >= 0.3 is 6.16 Å². The van der Waals surface area contributed by atoms with E-state index in [1.54, 1.807) is 0 Å². The highest BCUT2D eigenvalue weighted by molar-refractivity contribution is 5.59. The highest BCUT2D eigenvalue weighted by Gasteiger charge is 2.32. The van der Waals surface area contributed by atoms with Gasteiger partial charge in [-0.1, -0.05) is 67.2 Å². The number of carbonyl (C=O) groups is 1. The summed E-state index contributed by atoms with van der Waals surface area (Å²) in [7, 11) is 0. The monoisotopic (exact) mass is 394 g/mol. The molecule has 0 aromatic heterocycles. The van der Waals surface area contributed by atoms with E-state index in [-0.39, 0.29) is 0 Å². The molecule has 4 unspecified atom stereocenters. The highest BCUT2D eigenvalue weighted by atomic mass is 16.7. The van der Waals surface area contributed by atoms with Gasteiger partial charge in [0.1, 0.15) is 0 Å². The molecule has 3 nitrogen and oxygen atoms in total. The summed E-state index contributed by atoms with van der Waals surface area (Å²) >= 11 is 0. The Morgan fingerprint density at radius 1 is 0.821 bits per heavy atom. The first-order valence-corrected chi connectivity index (χ1v) is 11.9. The van der Waals surface area contributed by atoms with Crippen molar-refractivity contribution in [1.82, 2.24) is 0 Å². The van der Waals surface area contributed by atoms with Crippen molar-refractivity contribution < 1.29 is 14.3 Å². The maximum absolute atomic E-state index is 11.9. The summed E-state index contributed by atoms with van der Waals surface area (Å²) in [5.41, 5.74) is 0.947. The fourth-order valence-electron chi connectivity index (χ4n) is 5.65. The molecule has 2 rings (SSSR count). The van der Waals surface area contributed by atoms with Gasteiger partial charge in [0.15, 0.2) is 0 Å². The molecule has 0 N–H and O–H groups in total. The molecule has 2 fully saturated rings. The SMILES string of the molecule is CC(CCOC(=O)OCCC(C)C1CCCC(C)(C)C1)C1CCCC(C)(C)C1. The third-order valence-electron chi connectivity index (χ3n) is 7.68. The molecule has 164 valence electrons. The molecule has 28 heavy (non-hydrogen) atoms. The van der Waals surface area contributed by atoms with Gasteiger partial charge in [0.05, 0.1) is 13.2 Å². The average molecular weight is 395 g/mol. The van der Waals surface area contributed by atoms with Crippen molar-refractivity contribution in [3.63, 3.8) is 0 Å². The standard InChI is InChI=1S/C25H46O3/c1-19(21-9-7-13-24(3,4)17-21)11-15-27-23(26)28-16-12-20(2)22-10-8-14-25(5,6)18-22/h19-22H,7-18H2,1-6H3. The molecule has 0 amide bonds. The Labute approximate surface area is 174 Å². The fourth-order valence-corrected chi connectivity index (χ4v) is 5.65. The van der Waals surface area contributed by atoms with Gasteiger partial charge in [0.25, 0.3) is 0 Å². The molecule has 0 aromatic rings. The van der Waals surface area contributed by atoms with Crippen LogP contribution in [0.5, 0.6) is 0 Å². The van der Waals surface area contributed by atoms with Crippen molar-refractivity contribution in [2.45, 2.75) is 106 Å². The molecule has 0 radical (unpaired) electrons. The lowest BCUT2D eigenvalue weighted by Gasteiger charge is -2.38. The number of ether oxygens (including phenoxy) is 2. The van der Waals surface area contributed by atoms with E-state index in [1.165, 1.54) is 51.4 Å². The van der Waals surface area contributed by atoms with Crippen LogP contribution in [0.4, 0.5) is 4.79 Å². The molecule has 2 aliphatic carbocycles. The lowest BCUT2D eigenvalue weighted by molar-refractivity contribution is 0.0388. The van der Waals surface area contributed by atoms with Crippen molar-refractivity contribution in [2.24, 2.45) is 34.5 Å². The predicted molar refractivity (Wildman–Crippen MR) is 116 cm³/mol. The first-order chi connectivity index (χ1) is 13.1. The van der Waals surface area contributed by atoms with Crippen molar-refractivity contribution >= 4 is 6.16 Å². The topological polar surface area (TPSA) is 35.5 Å². The molecule has 0 bridgehead atoms. The third-order valence-corrected chi connectivity index (χ3v) is 7.68. The normalized spacial score (nSPS) is 28.9. The second kappa shape index (κ2) is 10.3. The first-order valence-electron chi connectivity index (χ1n) is 11.9. The Morgan fingerprint density at radius 2 is 1.21 bits per heavy atom. The van der Waals surface area contributed by atoms with E-state index >= 15 is 0 Å². The maximum atomic E-state index is 11.9. The van der Waals surface area contributed by atoms with E-state index in [9.17, 15) is 4.79 Å². The summed E-state index contributed by atoms with van der Waals surface area (Å²) in [5.74, 6) is 2.76. The minimum absolute atomic E-state index is 0.473. The lowest BCUT2D eigenvalue weighted by Crippen LogP contribution is -2.27. The van der Waals surface area contributed by atoms with E-state index in [4.69, 9.17) is 9.47 Å². The maximum Gasteiger partial charge on any atom is 0.508 e. The van der Waals surface area contributed by atoms with Crippen molar-refractivity contribution in [1.29, 1.82) is 0 Å². The molecule has 0 spiro atoms. The Hall–Kier alpha value is -0.730. The van der Waals surface area contributed by atoms with Gasteiger partial charge in [-0.3, -0.25) is 0 Å². The van der Waals surface area contributed by atoms with E-state index < -0.39 is 6.16 Å². The van der Waals surface area contributed by atoms with Crippen LogP contribution in [0.3, 0.4) is 0 Å². The largest absolute Gasteiger partial charge is 0.508 e. The zero-order valence-electron chi connectivity index (χ0n) is 19.5. The van der Waals surface area contributed by atoms with Crippen LogP contribution in [0.1, 0.15) is 106 Å². The van der Waals surface area contributed by atoms with Crippen molar-refractivity contribution in [3.8, 4) is 0 Å². The molecule has 4 atom stereocenters. The van der Waals surface area contributed by atoms with Crippen LogP contribution in [0.25, 0.3) is 0 Å². The summed E-state index contributed by atoms with van der Waals surface area (Å²) in [5, 5.41) is 0. The second-order valence-corrected chi connectivity index (χ2v) is 11.5. The smallest absolute Gasteiger partial charge is 0.434 e. The van der Waals surface area contributed by atoms with E-state index in [1.807, 2.05) is 0 Å². The molecule has 0 heterocycles. The lowest BCUT2D eigenvalue weighted by atomic mass is 9.68. The van der Waals surface area contributed by atoms with Crippen molar-refractivity contribution in [2.75, 3.05) is 13.2 Å². The number of carbonyl (C=O) groups excluding carboxylic acids is 1. The van der Waals surface area contributed by atoms with Gasteiger partial charge in [-0.25, -0.2) is 4.79 Å². The molecule has 2 saturated carbocycles. The fraction of sp³-hybridized carbons (Fsp3) is 0.960. The quantitative estimate of drug-likeness (QED) is 0.397. The van der Waals surface area contributed by atoms with Crippen LogP contribution in [0.2, 0.25) is 0 Å². The Balaban J connectivity index is 1.57. The molecule has 2 aliphatic rings. The van der Waals surface area contributed by atoms with Gasteiger partial charge in [-0.05, 0) is 73.0 Å². The van der Waals surface area contributed by atoms with Crippen LogP contribution in [-0.4, -0.2) is 19.4 Å².